The molecule has 4 rings (SSSR count). The van der Waals surface area contributed by atoms with E-state index in [-0.39, 0.29) is 12.1 Å². The van der Waals surface area contributed by atoms with Crippen LogP contribution in [-0.4, -0.2) is 10.9 Å². The van der Waals surface area contributed by atoms with E-state index < -0.39 is 5.82 Å². The zero-order chi connectivity index (χ0) is 21.1. The summed E-state index contributed by atoms with van der Waals surface area (Å²) in [6.07, 6.45) is 2.85. The Bertz CT molecular complexity index is 1070. The van der Waals surface area contributed by atoms with E-state index in [1.54, 1.807) is 29.2 Å². The van der Waals surface area contributed by atoms with Crippen LogP contribution in [0.5, 0.6) is 0 Å². The molecule has 1 N–H and O–H groups in total. The molecular weight excluding hydrogens is 422 g/mol. The fourth-order valence-corrected chi connectivity index (χ4v) is 4.29. The summed E-state index contributed by atoms with van der Waals surface area (Å²) < 4.78 is 13.6. The maximum Gasteiger partial charge on any atom is 0.322 e. The number of amides is 2. The molecule has 0 saturated carbocycles. The van der Waals surface area contributed by atoms with Crippen LogP contribution in [0.4, 0.5) is 14.9 Å². The third-order valence-electron chi connectivity index (χ3n) is 5.39. The van der Waals surface area contributed by atoms with Gasteiger partial charge in [-0.3, -0.25) is 0 Å². The Morgan fingerprint density at radius 1 is 1.03 bits per heavy atom. The predicted octanol–water partition coefficient (Wildman–Crippen LogP) is 7.24. The van der Waals surface area contributed by atoms with Crippen molar-refractivity contribution in [3.8, 4) is 0 Å². The third kappa shape index (κ3) is 4.61. The monoisotopic (exact) mass is 442 g/mol. The van der Waals surface area contributed by atoms with Crippen LogP contribution in [0.1, 0.15) is 35.6 Å². The lowest BCUT2D eigenvalue weighted by molar-refractivity contribution is 0.175. The van der Waals surface area contributed by atoms with Crippen molar-refractivity contribution >= 4 is 34.9 Å². The number of nitrogens with zero attached hydrogens (tertiary/aromatic N) is 1. The molecule has 3 aromatic rings. The molecule has 0 radical (unpaired) electrons. The lowest BCUT2D eigenvalue weighted by Crippen LogP contribution is -2.39. The van der Waals surface area contributed by atoms with Crippen molar-refractivity contribution in [2.24, 2.45) is 0 Å². The summed E-state index contributed by atoms with van der Waals surface area (Å²) in [7, 11) is 0. The topological polar surface area (TPSA) is 32.3 Å². The van der Waals surface area contributed by atoms with E-state index >= 15 is 0 Å². The Labute approximate surface area is 185 Å². The third-order valence-corrected chi connectivity index (χ3v) is 6.13. The molecule has 3 aromatic carbocycles. The van der Waals surface area contributed by atoms with Crippen LogP contribution in [0, 0.1) is 5.82 Å². The van der Waals surface area contributed by atoms with E-state index in [0.29, 0.717) is 22.3 Å². The smallest absolute Gasteiger partial charge is 0.313 e. The van der Waals surface area contributed by atoms with Crippen LogP contribution in [0.3, 0.4) is 0 Å². The minimum atomic E-state index is -0.396. The molecule has 0 spiro atoms. The first-order valence-electron chi connectivity index (χ1n) is 9.86. The average Bonchev–Trinajstić information content (AvgIpc) is 2.74. The summed E-state index contributed by atoms with van der Waals surface area (Å²) in [5.41, 5.74) is 3.70. The van der Waals surface area contributed by atoms with Crippen molar-refractivity contribution in [1.82, 2.24) is 4.90 Å². The zero-order valence-corrected chi connectivity index (χ0v) is 17.8. The number of rotatable bonds is 4. The molecule has 1 aliphatic rings. The average molecular weight is 443 g/mol. The molecule has 6 heteroatoms. The van der Waals surface area contributed by atoms with Gasteiger partial charge in [0, 0.05) is 12.2 Å². The molecule has 0 bridgehead atoms. The number of hydrogen-bond donors (Lipinski definition) is 1. The second-order valence-electron chi connectivity index (χ2n) is 7.42. The van der Waals surface area contributed by atoms with Gasteiger partial charge in [0.25, 0.3) is 0 Å². The summed E-state index contributed by atoms with van der Waals surface area (Å²) in [5, 5.41) is 3.76. The maximum absolute atomic E-state index is 13.6. The predicted molar refractivity (Wildman–Crippen MR) is 120 cm³/mol. The van der Waals surface area contributed by atoms with Crippen LogP contribution >= 0.6 is 23.2 Å². The first kappa shape index (κ1) is 20.7. The Kier molecular flexibility index (Phi) is 6.26. The molecule has 0 heterocycles. The summed E-state index contributed by atoms with van der Waals surface area (Å²) in [6.45, 7) is 0.358. The van der Waals surface area contributed by atoms with Crippen molar-refractivity contribution in [1.29, 1.82) is 0 Å². The van der Waals surface area contributed by atoms with Crippen molar-refractivity contribution in [2.45, 2.75) is 31.8 Å². The van der Waals surface area contributed by atoms with Gasteiger partial charge in [0.05, 0.1) is 16.1 Å². The number of carbonyl (C=O) groups is 1. The molecule has 0 saturated heterocycles. The number of halogens is 3. The van der Waals surface area contributed by atoms with E-state index in [0.717, 1.165) is 30.4 Å². The zero-order valence-electron chi connectivity index (χ0n) is 16.2. The molecular formula is C24H21Cl2FN2O. The number of fused-ring (bicyclic) bond motifs is 1. The number of urea groups is 1. The van der Waals surface area contributed by atoms with Crippen molar-refractivity contribution in [3.63, 3.8) is 0 Å². The number of carbonyl (C=O) groups excluding carboxylic acids is 1. The van der Waals surface area contributed by atoms with E-state index in [9.17, 15) is 9.18 Å². The maximum atomic E-state index is 13.6. The summed E-state index contributed by atoms with van der Waals surface area (Å²) >= 11 is 12.3. The quantitative estimate of drug-likeness (QED) is 0.453. The van der Waals surface area contributed by atoms with Gasteiger partial charge in [-0.05, 0) is 66.3 Å². The lowest BCUT2D eigenvalue weighted by Gasteiger charge is -2.36. The molecule has 0 fully saturated rings. The van der Waals surface area contributed by atoms with Gasteiger partial charge in [0.2, 0.25) is 0 Å². The summed E-state index contributed by atoms with van der Waals surface area (Å²) in [4.78, 5) is 15.1. The Hall–Kier alpha value is -2.56. The first-order chi connectivity index (χ1) is 14.5. The number of hydrogen-bond acceptors (Lipinski definition) is 1. The highest BCUT2D eigenvalue weighted by molar-refractivity contribution is 6.42. The molecule has 30 heavy (non-hydrogen) atoms. The number of benzene rings is 3. The van der Waals surface area contributed by atoms with Gasteiger partial charge in [-0.25, -0.2) is 9.18 Å². The van der Waals surface area contributed by atoms with Gasteiger partial charge in [0.1, 0.15) is 5.82 Å². The van der Waals surface area contributed by atoms with Crippen LogP contribution in [0.2, 0.25) is 10.0 Å². The Morgan fingerprint density at radius 3 is 2.67 bits per heavy atom. The number of anilines is 1. The second-order valence-corrected chi connectivity index (χ2v) is 8.24. The summed E-state index contributed by atoms with van der Waals surface area (Å²) in [5.74, 6) is -0.396. The Morgan fingerprint density at radius 2 is 1.87 bits per heavy atom. The largest absolute Gasteiger partial charge is 0.322 e. The molecule has 0 aliphatic heterocycles. The van der Waals surface area contributed by atoms with Crippen molar-refractivity contribution in [3.05, 3.63) is 99.3 Å². The van der Waals surface area contributed by atoms with Crippen LogP contribution in [0.15, 0.2) is 66.7 Å². The molecule has 1 atom stereocenters. The van der Waals surface area contributed by atoms with Gasteiger partial charge in [0.15, 0.2) is 0 Å². The van der Waals surface area contributed by atoms with Gasteiger partial charge in [-0.2, -0.15) is 0 Å². The van der Waals surface area contributed by atoms with Gasteiger partial charge < -0.3 is 10.2 Å². The van der Waals surface area contributed by atoms with E-state index in [4.69, 9.17) is 23.2 Å². The van der Waals surface area contributed by atoms with E-state index in [2.05, 4.69) is 17.4 Å². The molecule has 2 amide bonds. The van der Waals surface area contributed by atoms with E-state index in [1.165, 1.54) is 17.7 Å². The standard InChI is InChI=1S/C24H21Cl2FN2O/c25-21-12-11-16(13-22(21)26)15-29(24(30)28-19-8-4-7-18(27)14-19)23-10-3-6-17-5-1-2-9-20(17)23/h1-2,4-5,7-9,11-14,23H,3,6,10,15H2,(H,28,30). The molecule has 154 valence electrons. The minimum absolute atomic E-state index is 0.0852. The normalized spacial score (nSPS) is 15.4. The van der Waals surface area contributed by atoms with Crippen molar-refractivity contribution in [2.75, 3.05) is 5.32 Å². The second kappa shape index (κ2) is 9.07. The minimum Gasteiger partial charge on any atom is -0.313 e. The van der Waals surface area contributed by atoms with Gasteiger partial charge in [-0.1, -0.05) is 59.6 Å². The highest BCUT2D eigenvalue weighted by Gasteiger charge is 2.29. The number of aryl methyl sites for hydroxylation is 1. The van der Waals surface area contributed by atoms with Crippen LogP contribution in [-0.2, 0) is 13.0 Å². The molecule has 1 unspecified atom stereocenters. The highest BCUT2D eigenvalue weighted by atomic mass is 35.5. The fourth-order valence-electron chi connectivity index (χ4n) is 3.97. The highest BCUT2D eigenvalue weighted by Crippen LogP contribution is 2.36. The Balaban J connectivity index is 1.67. The summed E-state index contributed by atoms with van der Waals surface area (Å²) in [6, 6.07) is 19.1. The lowest BCUT2D eigenvalue weighted by atomic mass is 9.86. The molecule has 3 nitrogen and oxygen atoms in total. The van der Waals surface area contributed by atoms with Crippen molar-refractivity contribution < 1.29 is 9.18 Å². The molecule has 1 aliphatic carbocycles. The van der Waals surface area contributed by atoms with Crippen LogP contribution < -0.4 is 5.32 Å². The van der Waals surface area contributed by atoms with E-state index in [1.807, 2.05) is 18.2 Å². The number of nitrogens with one attached hydrogen (secondary N) is 1. The SMILES string of the molecule is O=C(Nc1cccc(F)c1)N(Cc1ccc(Cl)c(Cl)c1)C1CCCc2ccccc21. The van der Waals surface area contributed by atoms with Gasteiger partial charge >= 0.3 is 6.03 Å². The van der Waals surface area contributed by atoms with Crippen LogP contribution in [0.25, 0.3) is 0 Å². The first-order valence-corrected chi connectivity index (χ1v) is 10.6. The molecule has 0 aromatic heterocycles. The van der Waals surface area contributed by atoms with Gasteiger partial charge in [-0.15, -0.1) is 0 Å². The fraction of sp³-hybridized carbons (Fsp3) is 0.208.